The fraction of sp³-hybridized carbons (Fsp3) is 0.769. The Morgan fingerprint density at radius 1 is 1.13 bits per heavy atom. The first kappa shape index (κ1) is 14.4. The molecule has 0 aromatic rings. The van der Waals surface area contributed by atoms with Gasteiger partial charge in [-0.25, -0.2) is 0 Å². The van der Waals surface area contributed by atoms with E-state index in [1.807, 2.05) is 6.92 Å². The van der Waals surface area contributed by atoms with Crippen LogP contribution in [0.25, 0.3) is 0 Å². The van der Waals surface area contributed by atoms with E-state index in [-0.39, 0.29) is 5.78 Å². The fourth-order valence-corrected chi connectivity index (χ4v) is 1.26. The van der Waals surface area contributed by atoms with E-state index in [1.54, 1.807) is 12.2 Å². The van der Waals surface area contributed by atoms with Crippen molar-refractivity contribution in [2.24, 2.45) is 0 Å². The van der Waals surface area contributed by atoms with Crippen LogP contribution in [0.5, 0.6) is 0 Å². The van der Waals surface area contributed by atoms with E-state index in [4.69, 9.17) is 4.74 Å². The van der Waals surface area contributed by atoms with Gasteiger partial charge in [0, 0.05) is 13.0 Å². The van der Waals surface area contributed by atoms with Crippen LogP contribution in [0, 0.1) is 0 Å². The second-order valence-corrected chi connectivity index (χ2v) is 3.71. The van der Waals surface area contributed by atoms with Gasteiger partial charge >= 0.3 is 0 Å². The Morgan fingerprint density at radius 2 is 1.87 bits per heavy atom. The maximum atomic E-state index is 10.9. The van der Waals surface area contributed by atoms with Gasteiger partial charge in [-0.2, -0.15) is 0 Å². The summed E-state index contributed by atoms with van der Waals surface area (Å²) in [6, 6.07) is 0. The average Bonchev–Trinajstić information content (AvgIpc) is 2.26. The Labute approximate surface area is 93.7 Å². The van der Waals surface area contributed by atoms with Gasteiger partial charge in [-0.15, -0.1) is 0 Å². The molecule has 0 aromatic heterocycles. The van der Waals surface area contributed by atoms with E-state index in [0.29, 0.717) is 13.0 Å². The number of unbranched alkanes of at least 4 members (excludes halogenated alkanes) is 4. The van der Waals surface area contributed by atoms with Crippen LogP contribution >= 0.6 is 0 Å². The molecule has 0 radical (unpaired) electrons. The number of carbonyl (C=O) groups is 1. The zero-order valence-electron chi connectivity index (χ0n) is 10.1. The molecule has 0 aliphatic heterocycles. The molecule has 0 aliphatic carbocycles. The van der Waals surface area contributed by atoms with Gasteiger partial charge in [-0.1, -0.05) is 45.6 Å². The van der Waals surface area contributed by atoms with Gasteiger partial charge in [0.1, 0.15) is 0 Å². The van der Waals surface area contributed by atoms with Crippen molar-refractivity contribution in [3.05, 3.63) is 12.2 Å². The summed E-state index contributed by atoms with van der Waals surface area (Å²) >= 11 is 0. The number of ether oxygens (including phenoxy) is 1. The van der Waals surface area contributed by atoms with E-state index in [2.05, 4.69) is 6.92 Å². The summed E-state index contributed by atoms with van der Waals surface area (Å²) in [6.07, 6.45) is 10.3. The molecule has 0 rings (SSSR count). The molecular formula is C13H24O2. The van der Waals surface area contributed by atoms with Crippen LogP contribution in [-0.4, -0.2) is 19.0 Å². The number of hydrogen-bond acceptors (Lipinski definition) is 2. The Kier molecular flexibility index (Phi) is 11.0. The molecule has 0 aromatic carbocycles. The van der Waals surface area contributed by atoms with Gasteiger partial charge in [0.2, 0.25) is 0 Å². The number of allylic oxidation sites excluding steroid dienone is 1. The first-order valence-electron chi connectivity index (χ1n) is 6.08. The highest BCUT2D eigenvalue weighted by Crippen LogP contribution is 2.02. The van der Waals surface area contributed by atoms with Crippen LogP contribution in [0.1, 0.15) is 52.4 Å². The summed E-state index contributed by atoms with van der Waals surface area (Å²) < 4.78 is 5.37. The van der Waals surface area contributed by atoms with Gasteiger partial charge in [0.05, 0.1) is 6.61 Å². The second kappa shape index (κ2) is 11.4. The molecule has 0 saturated heterocycles. The van der Waals surface area contributed by atoms with E-state index in [9.17, 15) is 4.79 Å². The Bertz CT molecular complexity index is 173. The number of carbonyl (C=O) groups excluding carboxylic acids is 1. The topological polar surface area (TPSA) is 26.3 Å². The van der Waals surface area contributed by atoms with Crippen molar-refractivity contribution in [2.75, 3.05) is 13.2 Å². The molecule has 0 N–H and O–H groups in total. The lowest BCUT2D eigenvalue weighted by Gasteiger charge is -2.00. The lowest BCUT2D eigenvalue weighted by molar-refractivity contribution is -0.114. The molecule has 0 unspecified atom stereocenters. The van der Waals surface area contributed by atoms with Crippen LogP contribution in [-0.2, 0) is 9.53 Å². The molecule has 2 heteroatoms. The van der Waals surface area contributed by atoms with Gasteiger partial charge in [-0.3, -0.25) is 4.79 Å². The summed E-state index contributed by atoms with van der Waals surface area (Å²) in [5.74, 6) is 0.168. The number of rotatable bonds is 10. The van der Waals surface area contributed by atoms with E-state index in [1.165, 1.54) is 25.7 Å². The van der Waals surface area contributed by atoms with Crippen molar-refractivity contribution in [3.8, 4) is 0 Å². The zero-order chi connectivity index (χ0) is 11.4. The monoisotopic (exact) mass is 212 g/mol. The smallest absolute Gasteiger partial charge is 0.155 e. The largest absolute Gasteiger partial charge is 0.377 e. The SMILES string of the molecule is CCCCCCCOCC=CC(=O)CC. The summed E-state index contributed by atoms with van der Waals surface area (Å²) in [5.41, 5.74) is 0. The summed E-state index contributed by atoms with van der Waals surface area (Å²) in [7, 11) is 0. The predicted molar refractivity (Wildman–Crippen MR) is 64.0 cm³/mol. The van der Waals surface area contributed by atoms with Crippen LogP contribution in [0.4, 0.5) is 0 Å². The van der Waals surface area contributed by atoms with Gasteiger partial charge in [0.15, 0.2) is 5.78 Å². The Balaban J connectivity index is 3.11. The highest BCUT2D eigenvalue weighted by atomic mass is 16.5. The van der Waals surface area contributed by atoms with Gasteiger partial charge in [-0.05, 0) is 12.5 Å². The maximum Gasteiger partial charge on any atom is 0.155 e. The normalized spacial score (nSPS) is 11.1. The van der Waals surface area contributed by atoms with Crippen molar-refractivity contribution >= 4 is 5.78 Å². The lowest BCUT2D eigenvalue weighted by atomic mass is 10.2. The molecule has 0 amide bonds. The molecule has 88 valence electrons. The quantitative estimate of drug-likeness (QED) is 0.409. The first-order chi connectivity index (χ1) is 7.31. The minimum absolute atomic E-state index is 0.168. The van der Waals surface area contributed by atoms with E-state index in [0.717, 1.165) is 13.0 Å². The molecule has 15 heavy (non-hydrogen) atoms. The molecule has 0 atom stereocenters. The highest BCUT2D eigenvalue weighted by Gasteiger charge is 1.90. The molecule has 0 aliphatic rings. The minimum atomic E-state index is 0.168. The fourth-order valence-electron chi connectivity index (χ4n) is 1.26. The molecule has 2 nitrogen and oxygen atoms in total. The summed E-state index contributed by atoms with van der Waals surface area (Å²) in [5, 5.41) is 0. The predicted octanol–water partition coefficient (Wildman–Crippen LogP) is 3.51. The molecule has 0 bridgehead atoms. The summed E-state index contributed by atoms with van der Waals surface area (Å²) in [6.45, 7) is 5.46. The molecule has 0 saturated carbocycles. The first-order valence-corrected chi connectivity index (χ1v) is 6.08. The number of ketones is 1. The minimum Gasteiger partial charge on any atom is -0.377 e. The van der Waals surface area contributed by atoms with Crippen molar-refractivity contribution in [3.63, 3.8) is 0 Å². The number of hydrogen-bond donors (Lipinski definition) is 0. The van der Waals surface area contributed by atoms with Crippen molar-refractivity contribution in [2.45, 2.75) is 52.4 Å². The molecular weight excluding hydrogens is 188 g/mol. The summed E-state index contributed by atoms with van der Waals surface area (Å²) in [4.78, 5) is 10.9. The van der Waals surface area contributed by atoms with Crippen LogP contribution in [0.15, 0.2) is 12.2 Å². The van der Waals surface area contributed by atoms with Crippen molar-refractivity contribution < 1.29 is 9.53 Å². The standard InChI is InChI=1S/C13H24O2/c1-3-5-6-7-8-11-15-12-9-10-13(14)4-2/h9-10H,3-8,11-12H2,1-2H3. The molecule has 0 spiro atoms. The third-order valence-electron chi connectivity index (χ3n) is 2.26. The van der Waals surface area contributed by atoms with Gasteiger partial charge < -0.3 is 4.74 Å². The Morgan fingerprint density at radius 3 is 2.53 bits per heavy atom. The Hall–Kier alpha value is -0.630. The highest BCUT2D eigenvalue weighted by molar-refractivity contribution is 5.89. The maximum absolute atomic E-state index is 10.9. The van der Waals surface area contributed by atoms with Gasteiger partial charge in [0.25, 0.3) is 0 Å². The third kappa shape index (κ3) is 11.3. The second-order valence-electron chi connectivity index (χ2n) is 3.71. The lowest BCUT2D eigenvalue weighted by Crippen LogP contribution is -1.95. The van der Waals surface area contributed by atoms with Crippen LogP contribution in [0.2, 0.25) is 0 Å². The zero-order valence-corrected chi connectivity index (χ0v) is 10.1. The molecule has 0 fully saturated rings. The molecule has 0 heterocycles. The van der Waals surface area contributed by atoms with Crippen LogP contribution in [0.3, 0.4) is 0 Å². The van der Waals surface area contributed by atoms with Crippen LogP contribution < -0.4 is 0 Å². The van der Waals surface area contributed by atoms with E-state index < -0.39 is 0 Å². The van der Waals surface area contributed by atoms with Crippen molar-refractivity contribution in [1.29, 1.82) is 0 Å². The van der Waals surface area contributed by atoms with E-state index >= 15 is 0 Å². The average molecular weight is 212 g/mol. The third-order valence-corrected chi connectivity index (χ3v) is 2.26. The van der Waals surface area contributed by atoms with Crippen molar-refractivity contribution in [1.82, 2.24) is 0 Å².